The molecule has 0 heterocycles. The second-order valence-electron chi connectivity index (χ2n) is 4.05. The van der Waals surface area contributed by atoms with Crippen molar-refractivity contribution in [3.63, 3.8) is 0 Å². The molecule has 2 aromatic carbocycles. The van der Waals surface area contributed by atoms with Crippen LogP contribution in [-0.4, -0.2) is 17.6 Å². The molecule has 0 bridgehead atoms. The van der Waals surface area contributed by atoms with Gasteiger partial charge in [0.1, 0.15) is 5.75 Å². The van der Waals surface area contributed by atoms with E-state index in [9.17, 15) is 9.70 Å². The molecule has 0 aliphatic rings. The molecule has 5 nitrogen and oxygen atoms in total. The van der Waals surface area contributed by atoms with Crippen LogP contribution in [0.2, 0.25) is 0 Å². The number of fused-ring (bicyclic) bond motifs is 1. The minimum Gasteiger partial charge on any atom is -0.408 e. The lowest BCUT2D eigenvalue weighted by Crippen LogP contribution is -2.29. The Hall–Kier alpha value is -2.43. The number of ether oxygens (including phenoxy) is 1. The molecule has 0 aliphatic heterocycles. The fraction of sp³-hybridized carbons (Fsp3) is 0.214. The second-order valence-corrected chi connectivity index (χ2v) is 4.05. The van der Waals surface area contributed by atoms with Gasteiger partial charge in [-0.3, -0.25) is 0 Å². The molecule has 0 radical (unpaired) electrons. The Labute approximate surface area is 110 Å². The van der Waals surface area contributed by atoms with E-state index in [-0.39, 0.29) is 6.54 Å². The molecule has 0 saturated heterocycles. The summed E-state index contributed by atoms with van der Waals surface area (Å²) in [5.41, 5.74) is 0. The van der Waals surface area contributed by atoms with Gasteiger partial charge in [-0.15, -0.1) is 4.91 Å². The quantitative estimate of drug-likeness (QED) is 0.620. The highest BCUT2D eigenvalue weighted by Crippen LogP contribution is 2.25. The van der Waals surface area contributed by atoms with Gasteiger partial charge in [0.05, 0.1) is 11.8 Å². The average molecular weight is 258 g/mol. The van der Waals surface area contributed by atoms with Gasteiger partial charge in [0.15, 0.2) is 0 Å². The SMILES string of the molecule is CCCN(N=O)C(=O)Oc1cccc2ccccc12. The molecule has 1 amide bonds. The largest absolute Gasteiger partial charge is 0.438 e. The molecular weight excluding hydrogens is 244 g/mol. The van der Waals surface area contributed by atoms with E-state index in [1.165, 1.54) is 0 Å². The summed E-state index contributed by atoms with van der Waals surface area (Å²) in [7, 11) is 0. The predicted molar refractivity (Wildman–Crippen MR) is 72.8 cm³/mol. The van der Waals surface area contributed by atoms with Gasteiger partial charge in [0.2, 0.25) is 0 Å². The number of nitroso groups, excluding NO2 is 1. The number of benzene rings is 2. The third kappa shape index (κ3) is 2.88. The molecule has 0 N–H and O–H groups in total. The lowest BCUT2D eigenvalue weighted by atomic mass is 10.1. The smallest absolute Gasteiger partial charge is 0.408 e. The highest BCUT2D eigenvalue weighted by atomic mass is 16.6. The van der Waals surface area contributed by atoms with Gasteiger partial charge in [0, 0.05) is 5.39 Å². The topological polar surface area (TPSA) is 59.0 Å². The molecule has 19 heavy (non-hydrogen) atoms. The molecule has 0 aromatic heterocycles. The number of hydrogen-bond donors (Lipinski definition) is 0. The molecular formula is C14H14N2O3. The van der Waals surface area contributed by atoms with E-state index in [2.05, 4.69) is 5.29 Å². The number of hydrogen-bond acceptors (Lipinski definition) is 4. The van der Waals surface area contributed by atoms with Gasteiger partial charge in [-0.2, -0.15) is 5.01 Å². The van der Waals surface area contributed by atoms with Crippen molar-refractivity contribution < 1.29 is 9.53 Å². The summed E-state index contributed by atoms with van der Waals surface area (Å²) in [6.07, 6.45) is -0.121. The Morgan fingerprint density at radius 2 is 1.95 bits per heavy atom. The maximum Gasteiger partial charge on any atom is 0.438 e. The first kappa shape index (κ1) is 13.0. The van der Waals surface area contributed by atoms with E-state index in [0.717, 1.165) is 15.8 Å². The Morgan fingerprint density at radius 1 is 1.21 bits per heavy atom. The van der Waals surface area contributed by atoms with Crippen molar-refractivity contribution >= 4 is 16.9 Å². The lowest BCUT2D eigenvalue weighted by molar-refractivity contribution is 0.154. The van der Waals surface area contributed by atoms with Crippen LogP contribution < -0.4 is 4.74 Å². The second kappa shape index (κ2) is 5.95. The molecule has 98 valence electrons. The summed E-state index contributed by atoms with van der Waals surface area (Å²) >= 11 is 0. The lowest BCUT2D eigenvalue weighted by Gasteiger charge is -2.13. The Balaban J connectivity index is 2.26. The number of rotatable bonds is 4. The monoisotopic (exact) mass is 258 g/mol. The minimum atomic E-state index is -0.756. The molecule has 0 aliphatic carbocycles. The van der Waals surface area contributed by atoms with E-state index in [1.54, 1.807) is 12.1 Å². The van der Waals surface area contributed by atoms with Crippen LogP contribution in [0.15, 0.2) is 47.8 Å². The molecule has 5 heteroatoms. The van der Waals surface area contributed by atoms with Gasteiger partial charge >= 0.3 is 6.09 Å². The first-order chi connectivity index (χ1) is 9.26. The van der Waals surface area contributed by atoms with Gasteiger partial charge in [-0.05, 0) is 17.9 Å². The van der Waals surface area contributed by atoms with Gasteiger partial charge in [-0.1, -0.05) is 43.3 Å². The van der Waals surface area contributed by atoms with Crippen LogP contribution in [0, 0.1) is 4.91 Å². The molecule has 2 aromatic rings. The number of nitrogens with zero attached hydrogens (tertiary/aromatic N) is 2. The average Bonchev–Trinajstić information content (AvgIpc) is 2.45. The summed E-state index contributed by atoms with van der Waals surface area (Å²) in [6.45, 7) is 2.09. The minimum absolute atomic E-state index is 0.243. The van der Waals surface area contributed by atoms with E-state index >= 15 is 0 Å². The van der Waals surface area contributed by atoms with E-state index in [4.69, 9.17) is 4.74 Å². The summed E-state index contributed by atoms with van der Waals surface area (Å²) in [5, 5.41) is 5.23. The van der Waals surface area contributed by atoms with Crippen molar-refractivity contribution in [3.8, 4) is 5.75 Å². The van der Waals surface area contributed by atoms with Crippen molar-refractivity contribution in [2.45, 2.75) is 13.3 Å². The summed E-state index contributed by atoms with van der Waals surface area (Å²) < 4.78 is 5.23. The maximum absolute atomic E-state index is 11.8. The Morgan fingerprint density at radius 3 is 2.68 bits per heavy atom. The molecule has 0 fully saturated rings. The van der Waals surface area contributed by atoms with Crippen molar-refractivity contribution in [3.05, 3.63) is 47.4 Å². The predicted octanol–water partition coefficient (Wildman–Crippen LogP) is 3.73. The maximum atomic E-state index is 11.8. The van der Waals surface area contributed by atoms with E-state index in [0.29, 0.717) is 12.2 Å². The highest BCUT2D eigenvalue weighted by molar-refractivity contribution is 5.90. The van der Waals surface area contributed by atoms with Crippen LogP contribution in [0.1, 0.15) is 13.3 Å². The zero-order valence-electron chi connectivity index (χ0n) is 10.6. The van der Waals surface area contributed by atoms with Crippen LogP contribution in [0.4, 0.5) is 4.79 Å². The van der Waals surface area contributed by atoms with E-state index < -0.39 is 6.09 Å². The first-order valence-electron chi connectivity index (χ1n) is 6.06. The standard InChI is InChI=1S/C14H14N2O3/c1-2-10-16(15-18)14(17)19-13-9-5-7-11-6-3-4-8-12(11)13/h3-9H,2,10H2,1H3. The molecule has 2 rings (SSSR count). The van der Waals surface area contributed by atoms with E-state index in [1.807, 2.05) is 37.3 Å². The van der Waals surface area contributed by atoms with Crippen molar-refractivity contribution in [1.82, 2.24) is 5.01 Å². The van der Waals surface area contributed by atoms with Crippen molar-refractivity contribution in [2.24, 2.45) is 5.29 Å². The third-order valence-electron chi connectivity index (χ3n) is 2.69. The first-order valence-corrected chi connectivity index (χ1v) is 6.06. The van der Waals surface area contributed by atoms with Gasteiger partial charge in [0.25, 0.3) is 0 Å². The highest BCUT2D eigenvalue weighted by Gasteiger charge is 2.16. The van der Waals surface area contributed by atoms with Crippen LogP contribution in [0.5, 0.6) is 5.75 Å². The molecule has 0 unspecified atom stereocenters. The summed E-state index contributed by atoms with van der Waals surface area (Å²) in [4.78, 5) is 22.4. The zero-order chi connectivity index (χ0) is 13.7. The fourth-order valence-electron chi connectivity index (χ4n) is 1.81. The number of carbonyl (C=O) groups is 1. The molecule has 0 saturated carbocycles. The Bertz CT molecular complexity index is 593. The Kier molecular flexibility index (Phi) is 4.07. The van der Waals surface area contributed by atoms with Crippen molar-refractivity contribution in [2.75, 3.05) is 6.54 Å². The van der Waals surface area contributed by atoms with Gasteiger partial charge < -0.3 is 4.74 Å². The fourth-order valence-corrected chi connectivity index (χ4v) is 1.81. The van der Waals surface area contributed by atoms with Crippen LogP contribution >= 0.6 is 0 Å². The molecule has 0 spiro atoms. The number of carbonyl (C=O) groups excluding carboxylic acids is 1. The summed E-state index contributed by atoms with van der Waals surface area (Å²) in [5.74, 6) is 0.424. The number of amides is 1. The normalized spacial score (nSPS) is 10.2. The third-order valence-corrected chi connectivity index (χ3v) is 2.69. The zero-order valence-corrected chi connectivity index (χ0v) is 10.6. The summed E-state index contributed by atoms with van der Waals surface area (Å²) in [6, 6.07) is 13.0. The van der Waals surface area contributed by atoms with Crippen LogP contribution in [0.3, 0.4) is 0 Å². The van der Waals surface area contributed by atoms with Crippen LogP contribution in [-0.2, 0) is 0 Å². The van der Waals surface area contributed by atoms with Gasteiger partial charge in [-0.25, -0.2) is 4.79 Å². The molecule has 0 atom stereocenters. The van der Waals surface area contributed by atoms with Crippen LogP contribution in [0.25, 0.3) is 10.8 Å². The van der Waals surface area contributed by atoms with Crippen molar-refractivity contribution in [1.29, 1.82) is 0 Å².